The predicted molar refractivity (Wildman–Crippen MR) is 125 cm³/mol. The number of rotatable bonds is 9. The summed E-state index contributed by atoms with van der Waals surface area (Å²) in [6, 6.07) is 8.10. The van der Waals surface area contributed by atoms with Crippen molar-refractivity contribution in [2.45, 2.75) is 38.1 Å². The number of aromatic nitrogens is 3. The van der Waals surface area contributed by atoms with Crippen LogP contribution in [-0.4, -0.2) is 46.8 Å². The minimum atomic E-state index is -4.46. The van der Waals surface area contributed by atoms with Crippen molar-refractivity contribution in [1.29, 1.82) is 0 Å². The molecule has 0 amide bonds. The van der Waals surface area contributed by atoms with E-state index in [1.165, 1.54) is 29.2 Å². The van der Waals surface area contributed by atoms with Gasteiger partial charge in [-0.05, 0) is 60.6 Å². The average molecular weight is 539 g/mol. The first-order chi connectivity index (χ1) is 17.4. The fraction of sp³-hybridized carbons (Fsp3) is 0.375. The van der Waals surface area contributed by atoms with E-state index < -0.39 is 39.8 Å². The number of benzene rings is 1. The fourth-order valence-electron chi connectivity index (χ4n) is 4.60. The van der Waals surface area contributed by atoms with Crippen LogP contribution in [0, 0.1) is 11.8 Å². The van der Waals surface area contributed by atoms with Gasteiger partial charge in [0.2, 0.25) is 5.78 Å². The summed E-state index contributed by atoms with van der Waals surface area (Å²) < 4.78 is 67.1. The van der Waals surface area contributed by atoms with Crippen LogP contribution in [0.2, 0.25) is 0 Å². The zero-order valence-corrected chi connectivity index (χ0v) is 20.3. The van der Waals surface area contributed by atoms with Gasteiger partial charge in [0.1, 0.15) is 5.69 Å². The highest BCUT2D eigenvalue weighted by molar-refractivity contribution is 7.84. The van der Waals surface area contributed by atoms with Gasteiger partial charge in [0, 0.05) is 30.1 Å². The van der Waals surface area contributed by atoms with Gasteiger partial charge in [0.15, 0.2) is 0 Å². The van der Waals surface area contributed by atoms with Crippen molar-refractivity contribution in [2.75, 3.05) is 6.61 Å². The lowest BCUT2D eigenvalue weighted by Gasteiger charge is -2.13. The van der Waals surface area contributed by atoms with Crippen LogP contribution in [0.25, 0.3) is 0 Å². The smallest absolute Gasteiger partial charge is 0.393 e. The molecule has 13 heteroatoms. The number of ketones is 1. The van der Waals surface area contributed by atoms with Crippen LogP contribution < -0.4 is 5.14 Å². The molecule has 0 saturated heterocycles. The number of nitrogens with two attached hydrogens (primary N) is 1. The number of alkyl halides is 3. The Kier molecular flexibility index (Phi) is 7.78. The third kappa shape index (κ3) is 7.01. The van der Waals surface area contributed by atoms with Crippen LogP contribution in [0.1, 0.15) is 45.6 Å². The SMILES string of the molecule is NS(=O)(=O)OC[C@H]1C[C@@H](Cc2ccncc2C(=O)c2ccn(Cc3cccc(C(F)(F)F)c3)n2)C[C@@H]1O. The number of aliphatic hydroxyl groups is 1. The first-order valence-electron chi connectivity index (χ1n) is 11.4. The zero-order valence-electron chi connectivity index (χ0n) is 19.5. The predicted octanol–water partition coefficient (Wildman–Crippen LogP) is 2.73. The summed E-state index contributed by atoms with van der Waals surface area (Å²) in [5.41, 5.74) is 0.763. The second kappa shape index (κ2) is 10.7. The van der Waals surface area contributed by atoms with E-state index in [2.05, 4.69) is 14.3 Å². The van der Waals surface area contributed by atoms with Crippen molar-refractivity contribution >= 4 is 16.1 Å². The average Bonchev–Trinajstić information content (AvgIpc) is 3.43. The summed E-state index contributed by atoms with van der Waals surface area (Å²) in [6.07, 6.45) is 0.604. The van der Waals surface area contributed by atoms with Gasteiger partial charge in [-0.15, -0.1) is 0 Å². The Bertz CT molecular complexity index is 1380. The van der Waals surface area contributed by atoms with Gasteiger partial charge >= 0.3 is 16.5 Å². The molecule has 1 aliphatic carbocycles. The van der Waals surface area contributed by atoms with Crippen LogP contribution in [0.15, 0.2) is 55.0 Å². The lowest BCUT2D eigenvalue weighted by atomic mass is 9.93. The van der Waals surface area contributed by atoms with Crippen LogP contribution >= 0.6 is 0 Å². The van der Waals surface area contributed by atoms with Crippen molar-refractivity contribution in [1.82, 2.24) is 14.8 Å². The number of carbonyl (C=O) groups excluding carboxylic acids is 1. The van der Waals surface area contributed by atoms with E-state index in [1.807, 2.05) is 0 Å². The summed E-state index contributed by atoms with van der Waals surface area (Å²) >= 11 is 0. The Balaban J connectivity index is 1.45. The standard InChI is InChI=1S/C24H25F3N4O5S/c25-24(26,27)19-3-1-2-15(10-19)13-31-7-5-21(30-31)23(33)20-12-29-6-4-17(20)8-16-9-18(22(32)11-16)14-36-37(28,34)35/h1-7,10,12,16,18,22,32H,8-9,11,13-14H2,(H2,28,34,35)/t16-,18-,22+/m1/s1. The number of hydrogen-bond donors (Lipinski definition) is 2. The largest absolute Gasteiger partial charge is 0.416 e. The molecule has 3 N–H and O–H groups in total. The van der Waals surface area contributed by atoms with Gasteiger partial charge < -0.3 is 5.11 Å². The van der Waals surface area contributed by atoms with Crippen LogP contribution in [0.4, 0.5) is 13.2 Å². The third-order valence-corrected chi connectivity index (χ3v) is 6.80. The van der Waals surface area contributed by atoms with Crippen molar-refractivity contribution < 1.29 is 35.7 Å². The first-order valence-corrected chi connectivity index (χ1v) is 12.9. The van der Waals surface area contributed by atoms with Crippen molar-refractivity contribution in [2.24, 2.45) is 17.0 Å². The number of pyridine rings is 1. The van der Waals surface area contributed by atoms with Gasteiger partial charge in [0.25, 0.3) is 0 Å². The number of halogens is 3. The van der Waals surface area contributed by atoms with E-state index in [0.717, 1.165) is 12.1 Å². The monoisotopic (exact) mass is 538 g/mol. The Morgan fingerprint density at radius 3 is 2.73 bits per heavy atom. The lowest BCUT2D eigenvalue weighted by Crippen LogP contribution is -2.24. The van der Waals surface area contributed by atoms with E-state index >= 15 is 0 Å². The van der Waals surface area contributed by atoms with Crippen molar-refractivity contribution in [3.05, 3.63) is 82.9 Å². The first kappa shape index (κ1) is 26.9. The Hall–Kier alpha value is -3.13. The molecule has 1 saturated carbocycles. The molecule has 0 spiro atoms. The molecule has 0 radical (unpaired) electrons. The molecule has 1 fully saturated rings. The normalized spacial score (nSPS) is 20.3. The molecule has 3 atom stereocenters. The summed E-state index contributed by atoms with van der Waals surface area (Å²) in [5, 5.41) is 19.4. The van der Waals surface area contributed by atoms with Gasteiger partial charge in [-0.1, -0.05) is 12.1 Å². The van der Waals surface area contributed by atoms with E-state index in [0.29, 0.717) is 36.0 Å². The second-order valence-electron chi connectivity index (χ2n) is 9.10. The highest BCUT2D eigenvalue weighted by Gasteiger charge is 2.34. The third-order valence-electron chi connectivity index (χ3n) is 6.34. The molecule has 0 bridgehead atoms. The summed E-state index contributed by atoms with van der Waals surface area (Å²) in [6.45, 7) is -0.166. The number of carbonyl (C=O) groups is 1. The van der Waals surface area contributed by atoms with E-state index in [1.54, 1.807) is 18.3 Å². The molecule has 2 aromatic heterocycles. The number of aliphatic hydroxyl groups excluding tert-OH is 1. The molecule has 1 aliphatic rings. The fourth-order valence-corrected chi connectivity index (χ4v) is 4.97. The van der Waals surface area contributed by atoms with Crippen molar-refractivity contribution in [3.63, 3.8) is 0 Å². The van der Waals surface area contributed by atoms with Gasteiger partial charge in [-0.3, -0.25) is 18.6 Å². The molecule has 3 aromatic rings. The molecule has 2 heterocycles. The summed E-state index contributed by atoms with van der Waals surface area (Å²) in [7, 11) is -4.11. The Morgan fingerprint density at radius 1 is 1.22 bits per heavy atom. The molecule has 198 valence electrons. The molecular weight excluding hydrogens is 513 g/mol. The topological polar surface area (TPSA) is 137 Å². The van der Waals surface area contributed by atoms with Gasteiger partial charge in [-0.25, -0.2) is 5.14 Å². The van der Waals surface area contributed by atoms with E-state index in [-0.39, 0.29) is 24.8 Å². The molecule has 37 heavy (non-hydrogen) atoms. The number of hydrogen-bond acceptors (Lipinski definition) is 7. The second-order valence-corrected chi connectivity index (χ2v) is 10.3. The molecule has 0 unspecified atom stereocenters. The Labute approximate surface area is 211 Å². The molecule has 4 rings (SSSR count). The minimum Gasteiger partial charge on any atom is -0.393 e. The molecule has 1 aromatic carbocycles. The molecular formula is C24H25F3N4O5S. The maximum atomic E-state index is 13.2. The Morgan fingerprint density at radius 2 is 2.00 bits per heavy atom. The summed E-state index contributed by atoms with van der Waals surface area (Å²) in [5.74, 6) is -0.828. The van der Waals surface area contributed by atoms with Crippen molar-refractivity contribution in [3.8, 4) is 0 Å². The van der Waals surface area contributed by atoms with Crippen LogP contribution in [-0.2, 0) is 33.6 Å². The maximum Gasteiger partial charge on any atom is 0.416 e. The zero-order chi connectivity index (χ0) is 26.8. The molecule has 9 nitrogen and oxygen atoms in total. The lowest BCUT2D eigenvalue weighted by molar-refractivity contribution is -0.137. The quantitative estimate of drug-likeness (QED) is 0.400. The van der Waals surface area contributed by atoms with Crippen LogP contribution in [0.5, 0.6) is 0 Å². The van der Waals surface area contributed by atoms with Crippen LogP contribution in [0.3, 0.4) is 0 Å². The maximum absolute atomic E-state index is 13.2. The summed E-state index contributed by atoms with van der Waals surface area (Å²) in [4.78, 5) is 17.3. The van der Waals surface area contributed by atoms with E-state index in [4.69, 9.17) is 5.14 Å². The van der Waals surface area contributed by atoms with Gasteiger partial charge in [0.05, 0.1) is 24.8 Å². The highest BCUT2D eigenvalue weighted by atomic mass is 32.2. The number of nitrogens with zero attached hydrogens (tertiary/aromatic N) is 3. The highest BCUT2D eigenvalue weighted by Crippen LogP contribution is 2.35. The minimum absolute atomic E-state index is 0.0310. The van der Waals surface area contributed by atoms with E-state index in [9.17, 15) is 31.5 Å². The molecule has 0 aliphatic heterocycles. The van der Waals surface area contributed by atoms with Gasteiger partial charge in [-0.2, -0.15) is 26.7 Å².